The van der Waals surface area contributed by atoms with Crippen molar-refractivity contribution in [1.82, 2.24) is 15.6 Å². The predicted molar refractivity (Wildman–Crippen MR) is 128 cm³/mol. The van der Waals surface area contributed by atoms with Crippen LogP contribution in [0.25, 0.3) is 0 Å². The SMILES string of the molecule is CCOC(=O)c1sc(C(C)NC(=NC)NCC2(c3cccc(F)c3)CC2)nc1C.I. The van der Waals surface area contributed by atoms with Gasteiger partial charge in [-0.05, 0) is 51.3 Å². The Hall–Kier alpha value is -1.75. The molecular formula is C21H28FIN4O2S. The topological polar surface area (TPSA) is 75.6 Å². The van der Waals surface area contributed by atoms with Crippen molar-refractivity contribution in [2.75, 3.05) is 20.2 Å². The van der Waals surface area contributed by atoms with E-state index in [1.807, 2.05) is 19.9 Å². The largest absolute Gasteiger partial charge is 0.462 e. The number of nitrogens with one attached hydrogen (secondary N) is 2. The van der Waals surface area contributed by atoms with Gasteiger partial charge in [-0.25, -0.2) is 14.2 Å². The zero-order valence-corrected chi connectivity index (χ0v) is 20.8. The molecule has 3 rings (SSSR count). The van der Waals surface area contributed by atoms with Crippen molar-refractivity contribution in [3.05, 3.63) is 51.2 Å². The number of aliphatic imine (C=N–C) groups is 1. The number of thiazole rings is 1. The second-order valence-corrected chi connectivity index (χ2v) is 8.30. The summed E-state index contributed by atoms with van der Waals surface area (Å²) >= 11 is 1.33. The molecule has 0 saturated heterocycles. The van der Waals surface area contributed by atoms with Crippen molar-refractivity contribution < 1.29 is 13.9 Å². The summed E-state index contributed by atoms with van der Waals surface area (Å²) < 4.78 is 18.7. The summed E-state index contributed by atoms with van der Waals surface area (Å²) in [5.74, 6) is 0.0985. The third-order valence-corrected chi connectivity index (χ3v) is 6.43. The Labute approximate surface area is 197 Å². The minimum Gasteiger partial charge on any atom is -0.462 e. The lowest BCUT2D eigenvalue weighted by atomic mass is 9.96. The van der Waals surface area contributed by atoms with Gasteiger partial charge in [0, 0.05) is 19.0 Å². The van der Waals surface area contributed by atoms with E-state index in [1.54, 1.807) is 26.1 Å². The Morgan fingerprint density at radius 3 is 2.77 bits per heavy atom. The number of ether oxygens (including phenoxy) is 1. The predicted octanol–water partition coefficient (Wildman–Crippen LogP) is 4.34. The van der Waals surface area contributed by atoms with Gasteiger partial charge in [-0.15, -0.1) is 35.3 Å². The van der Waals surface area contributed by atoms with E-state index >= 15 is 0 Å². The lowest BCUT2D eigenvalue weighted by Gasteiger charge is -2.21. The maximum atomic E-state index is 13.6. The fourth-order valence-corrected chi connectivity index (χ4v) is 4.20. The first-order valence-corrected chi connectivity index (χ1v) is 10.6. The number of esters is 1. The van der Waals surface area contributed by atoms with Gasteiger partial charge in [0.1, 0.15) is 15.7 Å². The van der Waals surface area contributed by atoms with Gasteiger partial charge in [0.25, 0.3) is 0 Å². The first kappa shape index (κ1) is 24.5. The number of hydrogen-bond donors (Lipinski definition) is 2. The molecule has 1 atom stereocenters. The zero-order chi connectivity index (χ0) is 21.0. The molecule has 1 aliphatic rings. The van der Waals surface area contributed by atoms with Gasteiger partial charge in [0.15, 0.2) is 5.96 Å². The summed E-state index contributed by atoms with van der Waals surface area (Å²) in [7, 11) is 1.71. The first-order valence-electron chi connectivity index (χ1n) is 9.76. The Balaban J connectivity index is 0.00000320. The van der Waals surface area contributed by atoms with Crippen molar-refractivity contribution in [1.29, 1.82) is 0 Å². The van der Waals surface area contributed by atoms with E-state index in [9.17, 15) is 9.18 Å². The second kappa shape index (κ2) is 10.5. The average molecular weight is 546 g/mol. The average Bonchev–Trinajstić information content (AvgIpc) is 3.39. The zero-order valence-electron chi connectivity index (χ0n) is 17.6. The fourth-order valence-electron chi connectivity index (χ4n) is 3.24. The quantitative estimate of drug-likeness (QED) is 0.234. The van der Waals surface area contributed by atoms with Crippen LogP contribution in [0.4, 0.5) is 4.39 Å². The molecule has 1 unspecified atom stereocenters. The van der Waals surface area contributed by atoms with Crippen LogP contribution in [-0.2, 0) is 10.2 Å². The Kier molecular flexibility index (Phi) is 8.60. The third kappa shape index (κ3) is 5.69. The summed E-state index contributed by atoms with van der Waals surface area (Å²) in [6.07, 6.45) is 2.04. The van der Waals surface area contributed by atoms with Gasteiger partial charge in [0.05, 0.1) is 18.3 Å². The molecule has 1 saturated carbocycles. The van der Waals surface area contributed by atoms with Gasteiger partial charge in [-0.3, -0.25) is 4.99 Å². The van der Waals surface area contributed by atoms with Crippen LogP contribution in [-0.4, -0.2) is 37.1 Å². The van der Waals surface area contributed by atoms with E-state index < -0.39 is 0 Å². The van der Waals surface area contributed by atoms with Crippen LogP contribution >= 0.6 is 35.3 Å². The third-order valence-electron chi connectivity index (χ3n) is 5.11. The van der Waals surface area contributed by atoms with Crippen molar-refractivity contribution in [3.63, 3.8) is 0 Å². The van der Waals surface area contributed by atoms with Crippen LogP contribution in [0.1, 0.15) is 58.7 Å². The molecule has 1 aromatic carbocycles. The van der Waals surface area contributed by atoms with E-state index in [0.717, 1.165) is 23.4 Å². The molecule has 6 nitrogen and oxygen atoms in total. The molecular weight excluding hydrogens is 518 g/mol. The number of aromatic nitrogens is 1. The Bertz CT molecular complexity index is 914. The minimum absolute atomic E-state index is 0. The Morgan fingerprint density at radius 2 is 2.17 bits per heavy atom. The highest BCUT2D eigenvalue weighted by atomic mass is 127. The van der Waals surface area contributed by atoms with Gasteiger partial charge < -0.3 is 15.4 Å². The summed E-state index contributed by atoms with van der Waals surface area (Å²) in [5.41, 5.74) is 1.64. The summed E-state index contributed by atoms with van der Waals surface area (Å²) in [6.45, 7) is 6.57. The molecule has 0 spiro atoms. The molecule has 0 radical (unpaired) electrons. The van der Waals surface area contributed by atoms with E-state index in [4.69, 9.17) is 4.74 Å². The van der Waals surface area contributed by atoms with Crippen LogP contribution in [0.2, 0.25) is 0 Å². The molecule has 0 bridgehead atoms. The van der Waals surface area contributed by atoms with Crippen LogP contribution in [0.3, 0.4) is 0 Å². The van der Waals surface area contributed by atoms with E-state index in [1.165, 1.54) is 17.4 Å². The van der Waals surface area contributed by atoms with E-state index in [-0.39, 0.29) is 47.2 Å². The molecule has 1 heterocycles. The summed E-state index contributed by atoms with van der Waals surface area (Å²) in [5, 5.41) is 7.47. The molecule has 2 aromatic rings. The molecule has 164 valence electrons. The summed E-state index contributed by atoms with van der Waals surface area (Å²) in [6, 6.07) is 6.69. The van der Waals surface area contributed by atoms with Crippen LogP contribution in [0, 0.1) is 12.7 Å². The maximum absolute atomic E-state index is 13.6. The molecule has 0 amide bonds. The van der Waals surface area contributed by atoms with Crippen molar-refractivity contribution in [3.8, 4) is 0 Å². The van der Waals surface area contributed by atoms with E-state index in [2.05, 4.69) is 20.6 Å². The van der Waals surface area contributed by atoms with Crippen molar-refractivity contribution in [2.45, 2.75) is 45.1 Å². The highest BCUT2D eigenvalue weighted by molar-refractivity contribution is 14.0. The second-order valence-electron chi connectivity index (χ2n) is 7.27. The molecule has 1 aromatic heterocycles. The van der Waals surface area contributed by atoms with Crippen LogP contribution in [0.5, 0.6) is 0 Å². The van der Waals surface area contributed by atoms with Crippen molar-refractivity contribution in [2.24, 2.45) is 4.99 Å². The summed E-state index contributed by atoms with van der Waals surface area (Å²) in [4.78, 5) is 21.4. The monoisotopic (exact) mass is 546 g/mol. The van der Waals surface area contributed by atoms with Gasteiger partial charge in [-0.1, -0.05) is 12.1 Å². The number of guanidine groups is 1. The van der Waals surface area contributed by atoms with E-state index in [0.29, 0.717) is 29.7 Å². The Morgan fingerprint density at radius 1 is 1.43 bits per heavy atom. The molecule has 30 heavy (non-hydrogen) atoms. The number of hydrogen-bond acceptors (Lipinski definition) is 5. The van der Waals surface area contributed by atoms with Crippen LogP contribution < -0.4 is 10.6 Å². The highest BCUT2D eigenvalue weighted by Crippen LogP contribution is 2.47. The molecule has 2 N–H and O–H groups in total. The van der Waals surface area contributed by atoms with Crippen molar-refractivity contribution >= 4 is 47.2 Å². The van der Waals surface area contributed by atoms with Gasteiger partial charge >= 0.3 is 5.97 Å². The lowest BCUT2D eigenvalue weighted by Crippen LogP contribution is -2.42. The molecule has 1 fully saturated rings. The number of nitrogens with zero attached hydrogens (tertiary/aromatic N) is 2. The smallest absolute Gasteiger partial charge is 0.350 e. The lowest BCUT2D eigenvalue weighted by molar-refractivity contribution is 0.0531. The fraction of sp³-hybridized carbons (Fsp3) is 0.476. The first-order chi connectivity index (χ1) is 13.9. The molecule has 0 aliphatic heterocycles. The molecule has 1 aliphatic carbocycles. The number of halogens is 2. The number of carbonyl (C=O) groups excluding carboxylic acids is 1. The molecule has 9 heteroatoms. The highest BCUT2D eigenvalue weighted by Gasteiger charge is 2.44. The van der Waals surface area contributed by atoms with Gasteiger partial charge in [-0.2, -0.15) is 0 Å². The number of aryl methyl sites for hydroxylation is 1. The number of rotatable bonds is 7. The standard InChI is InChI=1S/C21H27FN4O2S.HI/c1-5-28-19(27)17-13(2)25-18(29-17)14(3)26-20(23-4)24-12-21(9-10-21)15-7-6-8-16(22)11-15;/h6-8,11,14H,5,9-10,12H2,1-4H3,(H2,23,24,26);1H. The number of carbonyl (C=O) groups is 1. The maximum Gasteiger partial charge on any atom is 0.350 e. The normalized spacial score (nSPS) is 15.7. The minimum atomic E-state index is -0.339. The van der Waals surface area contributed by atoms with Gasteiger partial charge in [0.2, 0.25) is 0 Å². The van der Waals surface area contributed by atoms with Crippen LogP contribution in [0.15, 0.2) is 29.3 Å². The number of benzene rings is 1.